The zero-order chi connectivity index (χ0) is 13.4. The lowest BCUT2D eigenvalue weighted by Crippen LogP contribution is -2.14. The van der Waals surface area contributed by atoms with E-state index in [9.17, 15) is 4.79 Å². The maximum Gasteiger partial charge on any atom is 0.356 e. The van der Waals surface area contributed by atoms with Crippen LogP contribution in [-0.4, -0.2) is 38.7 Å². The van der Waals surface area contributed by atoms with Gasteiger partial charge in [0.1, 0.15) is 0 Å². The van der Waals surface area contributed by atoms with Crippen LogP contribution in [-0.2, 0) is 4.74 Å². The molecule has 0 amide bonds. The van der Waals surface area contributed by atoms with E-state index in [0.717, 1.165) is 37.4 Å². The molecule has 0 spiro atoms. The predicted octanol–water partition coefficient (Wildman–Crippen LogP) is 1.63. The number of carbonyl (C=O) groups is 1. The van der Waals surface area contributed by atoms with Gasteiger partial charge >= 0.3 is 5.97 Å². The fourth-order valence-corrected chi connectivity index (χ4v) is 2.46. The maximum atomic E-state index is 11.0. The molecule has 3 heterocycles. The second kappa shape index (κ2) is 4.62. The molecule has 6 nitrogen and oxygen atoms in total. The number of carboxylic acids is 1. The monoisotopic (exact) mass is 261 g/mol. The lowest BCUT2D eigenvalue weighted by molar-refractivity contribution is 0.0689. The topological polar surface area (TPSA) is 76.7 Å². The smallest absolute Gasteiger partial charge is 0.356 e. The van der Waals surface area contributed by atoms with E-state index in [4.69, 9.17) is 9.84 Å². The molecule has 0 radical (unpaired) electrons. The average Bonchev–Trinajstić information content (AvgIpc) is 2.84. The van der Waals surface area contributed by atoms with Crippen molar-refractivity contribution in [2.75, 3.05) is 13.2 Å². The van der Waals surface area contributed by atoms with Gasteiger partial charge < -0.3 is 14.2 Å². The molecule has 1 fully saturated rings. The fourth-order valence-electron chi connectivity index (χ4n) is 2.46. The molecular weight excluding hydrogens is 246 g/mol. The first-order valence-corrected chi connectivity index (χ1v) is 6.32. The highest BCUT2D eigenvalue weighted by molar-refractivity contribution is 5.85. The minimum absolute atomic E-state index is 0.0425. The summed E-state index contributed by atoms with van der Waals surface area (Å²) < 4.78 is 7.11. The van der Waals surface area contributed by atoms with Crippen molar-refractivity contribution in [1.82, 2.24) is 14.4 Å². The average molecular weight is 261 g/mol. The molecule has 6 heteroatoms. The second-order valence-corrected chi connectivity index (χ2v) is 4.80. The number of rotatable bonds is 2. The third-order valence-electron chi connectivity index (χ3n) is 3.48. The van der Waals surface area contributed by atoms with Crippen molar-refractivity contribution in [1.29, 1.82) is 0 Å². The van der Waals surface area contributed by atoms with Crippen molar-refractivity contribution in [2.45, 2.75) is 25.7 Å². The summed E-state index contributed by atoms with van der Waals surface area (Å²) in [5, 5.41) is 9.01. The molecule has 1 aliphatic heterocycles. The summed E-state index contributed by atoms with van der Waals surface area (Å²) in [5.41, 5.74) is 2.40. The van der Waals surface area contributed by atoms with Gasteiger partial charge in [-0.15, -0.1) is 0 Å². The summed E-state index contributed by atoms with van der Waals surface area (Å²) in [6.07, 6.45) is 5.34. The standard InChI is InChI=1S/C13H15N3O3/c1-8-12-15-10(9-2-4-19-5-3-9)6-16(12)7-11(14-8)13(17)18/h6-7,9H,2-5H2,1H3,(H,17,18). The molecule has 0 unspecified atom stereocenters. The lowest BCUT2D eigenvalue weighted by Gasteiger charge is -2.19. The van der Waals surface area contributed by atoms with Crippen LogP contribution in [0.5, 0.6) is 0 Å². The Bertz CT molecular complexity index is 629. The third kappa shape index (κ3) is 2.19. The Hall–Kier alpha value is -1.95. The number of fused-ring (bicyclic) bond motifs is 1. The normalized spacial score (nSPS) is 16.9. The molecule has 0 aliphatic carbocycles. The van der Waals surface area contributed by atoms with Crippen molar-refractivity contribution >= 4 is 11.6 Å². The van der Waals surface area contributed by atoms with Crippen LogP contribution >= 0.6 is 0 Å². The maximum absolute atomic E-state index is 11.0. The molecule has 0 aromatic carbocycles. The molecule has 3 rings (SSSR count). The SMILES string of the molecule is Cc1nc(C(=O)O)cn2cc(C3CCOCC3)nc12. The van der Waals surface area contributed by atoms with E-state index in [-0.39, 0.29) is 5.69 Å². The Kier molecular flexibility index (Phi) is 2.94. The Morgan fingerprint density at radius 1 is 1.37 bits per heavy atom. The van der Waals surface area contributed by atoms with Crippen LogP contribution in [0.1, 0.15) is 40.6 Å². The summed E-state index contributed by atoms with van der Waals surface area (Å²) in [5.74, 6) is -0.632. The Morgan fingerprint density at radius 2 is 2.11 bits per heavy atom. The van der Waals surface area contributed by atoms with Gasteiger partial charge in [-0.2, -0.15) is 0 Å². The number of aryl methyl sites for hydroxylation is 1. The number of carboxylic acid groups (broad SMARTS) is 1. The molecule has 100 valence electrons. The molecule has 2 aromatic heterocycles. The van der Waals surface area contributed by atoms with E-state index in [1.54, 1.807) is 11.3 Å². The highest BCUT2D eigenvalue weighted by atomic mass is 16.5. The predicted molar refractivity (Wildman–Crippen MR) is 67.5 cm³/mol. The molecule has 0 atom stereocenters. The van der Waals surface area contributed by atoms with Crippen molar-refractivity contribution in [3.05, 3.63) is 29.5 Å². The van der Waals surface area contributed by atoms with E-state index < -0.39 is 5.97 Å². The first-order chi connectivity index (χ1) is 9.15. The second-order valence-electron chi connectivity index (χ2n) is 4.80. The highest BCUT2D eigenvalue weighted by Crippen LogP contribution is 2.26. The number of aromatic carboxylic acids is 1. The van der Waals surface area contributed by atoms with Gasteiger partial charge in [-0.1, -0.05) is 0 Å². The molecule has 0 bridgehead atoms. The molecular formula is C13H15N3O3. The summed E-state index contributed by atoms with van der Waals surface area (Å²) >= 11 is 0. The summed E-state index contributed by atoms with van der Waals surface area (Å²) in [6.45, 7) is 3.30. The van der Waals surface area contributed by atoms with Gasteiger partial charge in [-0.05, 0) is 19.8 Å². The van der Waals surface area contributed by atoms with Gasteiger partial charge in [0.05, 0.1) is 11.4 Å². The Labute approximate surface area is 110 Å². The molecule has 2 aromatic rings. The number of hydrogen-bond donors (Lipinski definition) is 1. The Morgan fingerprint density at radius 3 is 2.79 bits per heavy atom. The van der Waals surface area contributed by atoms with Crippen molar-refractivity contribution < 1.29 is 14.6 Å². The highest BCUT2D eigenvalue weighted by Gasteiger charge is 2.20. The van der Waals surface area contributed by atoms with Crippen molar-refractivity contribution in [3.8, 4) is 0 Å². The third-order valence-corrected chi connectivity index (χ3v) is 3.48. The van der Waals surface area contributed by atoms with Gasteiger partial charge in [0, 0.05) is 31.5 Å². The zero-order valence-electron chi connectivity index (χ0n) is 10.7. The van der Waals surface area contributed by atoms with Gasteiger partial charge in [0.2, 0.25) is 0 Å². The van der Waals surface area contributed by atoms with E-state index in [1.165, 1.54) is 6.20 Å². The molecule has 1 N–H and O–H groups in total. The first-order valence-electron chi connectivity index (χ1n) is 6.32. The van der Waals surface area contributed by atoms with Gasteiger partial charge in [0.25, 0.3) is 0 Å². The summed E-state index contributed by atoms with van der Waals surface area (Å²) in [7, 11) is 0. The largest absolute Gasteiger partial charge is 0.476 e. The van der Waals surface area contributed by atoms with Crippen LogP contribution in [0, 0.1) is 6.92 Å². The summed E-state index contributed by atoms with van der Waals surface area (Å²) in [6, 6.07) is 0. The molecule has 1 saturated heterocycles. The van der Waals surface area contributed by atoms with Crippen LogP contribution in [0.3, 0.4) is 0 Å². The minimum Gasteiger partial charge on any atom is -0.476 e. The quantitative estimate of drug-likeness (QED) is 0.889. The van der Waals surface area contributed by atoms with Crippen molar-refractivity contribution in [3.63, 3.8) is 0 Å². The molecule has 0 saturated carbocycles. The van der Waals surface area contributed by atoms with E-state index in [0.29, 0.717) is 11.6 Å². The van der Waals surface area contributed by atoms with E-state index >= 15 is 0 Å². The zero-order valence-corrected chi connectivity index (χ0v) is 10.7. The number of hydrogen-bond acceptors (Lipinski definition) is 4. The van der Waals surface area contributed by atoms with Crippen LogP contribution in [0.2, 0.25) is 0 Å². The minimum atomic E-state index is -1.02. The van der Waals surface area contributed by atoms with E-state index in [2.05, 4.69) is 9.97 Å². The molecule has 1 aliphatic rings. The van der Waals surface area contributed by atoms with Crippen LogP contribution in [0.4, 0.5) is 0 Å². The van der Waals surface area contributed by atoms with Gasteiger partial charge in [-0.3, -0.25) is 0 Å². The first kappa shape index (κ1) is 12.1. The van der Waals surface area contributed by atoms with E-state index in [1.807, 2.05) is 6.20 Å². The fraction of sp³-hybridized carbons (Fsp3) is 0.462. The van der Waals surface area contributed by atoms with Gasteiger partial charge in [-0.25, -0.2) is 14.8 Å². The van der Waals surface area contributed by atoms with Crippen molar-refractivity contribution in [2.24, 2.45) is 0 Å². The lowest BCUT2D eigenvalue weighted by atomic mass is 9.97. The Balaban J connectivity index is 2.04. The van der Waals surface area contributed by atoms with Crippen LogP contribution in [0.25, 0.3) is 5.65 Å². The number of aromatic nitrogens is 3. The van der Waals surface area contributed by atoms with Gasteiger partial charge in [0.15, 0.2) is 11.3 Å². The number of ether oxygens (including phenoxy) is 1. The number of imidazole rings is 1. The number of nitrogens with zero attached hydrogens (tertiary/aromatic N) is 3. The van der Waals surface area contributed by atoms with Crippen LogP contribution in [0.15, 0.2) is 12.4 Å². The van der Waals surface area contributed by atoms with Crippen LogP contribution < -0.4 is 0 Å². The summed E-state index contributed by atoms with van der Waals surface area (Å²) in [4.78, 5) is 19.6. The molecule has 19 heavy (non-hydrogen) atoms.